The lowest BCUT2D eigenvalue weighted by molar-refractivity contribution is 0.308. The van der Waals surface area contributed by atoms with Crippen molar-refractivity contribution in [3.05, 3.63) is 0 Å². The molecule has 1 nitrogen and oxygen atoms in total. The molecule has 0 aliphatic heterocycles. The van der Waals surface area contributed by atoms with Gasteiger partial charge in [-0.25, -0.2) is 0 Å². The lowest BCUT2D eigenvalue weighted by Crippen LogP contribution is -2.38. The Bertz CT molecular complexity index is 162. The Morgan fingerprint density at radius 2 is 1.67 bits per heavy atom. The van der Waals surface area contributed by atoms with Gasteiger partial charge in [0.25, 0.3) is 0 Å². The Balaban J connectivity index is 4.18. The third kappa shape index (κ3) is 8.03. The van der Waals surface area contributed by atoms with Gasteiger partial charge in [0.1, 0.15) is 0 Å². The second-order valence-electron chi connectivity index (χ2n) is 6.47. The molecular weight excluding hydrogens is 198 g/mol. The molecule has 0 spiro atoms. The Kier molecular flexibility index (Phi) is 6.77. The summed E-state index contributed by atoms with van der Waals surface area (Å²) in [6.45, 7) is 16.9. The molecular formula is C13H31NSi. The minimum Gasteiger partial charge on any atom is -0.316 e. The smallest absolute Gasteiger partial charge is 0.0448 e. The molecule has 0 saturated heterocycles. The molecule has 0 heterocycles. The molecule has 0 aliphatic carbocycles. The topological polar surface area (TPSA) is 12.0 Å². The molecule has 92 valence electrons. The van der Waals surface area contributed by atoms with Crippen LogP contribution in [0.15, 0.2) is 0 Å². The minimum absolute atomic E-state index is 0.536. The Labute approximate surface area is 98.0 Å². The quantitative estimate of drug-likeness (QED) is 0.487. The third-order valence-corrected chi connectivity index (χ3v) is 4.70. The standard InChI is InChI=1S/C13H31NSi/c1-7-9-13(3,11-14-10-8-2)12-15(4,5)6/h14H,7-12H2,1-6H3. The van der Waals surface area contributed by atoms with Gasteiger partial charge in [-0.2, -0.15) is 0 Å². The fraction of sp³-hybridized carbons (Fsp3) is 1.00. The van der Waals surface area contributed by atoms with Crippen LogP contribution in [0, 0.1) is 5.41 Å². The zero-order valence-electron chi connectivity index (χ0n) is 11.7. The Morgan fingerprint density at radius 3 is 2.07 bits per heavy atom. The molecule has 0 radical (unpaired) electrons. The fourth-order valence-electron chi connectivity index (χ4n) is 2.69. The van der Waals surface area contributed by atoms with E-state index in [1.165, 1.54) is 38.4 Å². The van der Waals surface area contributed by atoms with E-state index < -0.39 is 8.07 Å². The number of hydrogen-bond acceptors (Lipinski definition) is 1. The summed E-state index contributed by atoms with van der Waals surface area (Å²) in [5.74, 6) is 0. The van der Waals surface area contributed by atoms with Crippen molar-refractivity contribution in [2.45, 2.75) is 65.7 Å². The van der Waals surface area contributed by atoms with E-state index in [0.29, 0.717) is 5.41 Å². The minimum atomic E-state index is -0.930. The SMILES string of the molecule is CCCNCC(C)(CCC)C[Si](C)(C)C. The van der Waals surface area contributed by atoms with Crippen LogP contribution in [-0.2, 0) is 0 Å². The van der Waals surface area contributed by atoms with Crippen LogP contribution >= 0.6 is 0 Å². The van der Waals surface area contributed by atoms with Crippen LogP contribution in [-0.4, -0.2) is 21.2 Å². The summed E-state index contributed by atoms with van der Waals surface area (Å²) >= 11 is 0. The van der Waals surface area contributed by atoms with Crippen LogP contribution in [0.5, 0.6) is 0 Å². The van der Waals surface area contributed by atoms with Crippen molar-refractivity contribution in [2.24, 2.45) is 5.41 Å². The van der Waals surface area contributed by atoms with Gasteiger partial charge in [-0.15, -0.1) is 0 Å². The van der Waals surface area contributed by atoms with Gasteiger partial charge in [0, 0.05) is 14.6 Å². The Hall–Kier alpha value is 0.177. The number of rotatable bonds is 8. The summed E-state index contributed by atoms with van der Waals surface area (Å²) in [5.41, 5.74) is 0.536. The van der Waals surface area contributed by atoms with Gasteiger partial charge in [0.2, 0.25) is 0 Å². The summed E-state index contributed by atoms with van der Waals surface area (Å²) in [6.07, 6.45) is 3.93. The average molecular weight is 229 g/mol. The van der Waals surface area contributed by atoms with Crippen molar-refractivity contribution >= 4 is 8.07 Å². The van der Waals surface area contributed by atoms with Crippen molar-refractivity contribution in [3.8, 4) is 0 Å². The van der Waals surface area contributed by atoms with Gasteiger partial charge in [0.15, 0.2) is 0 Å². The maximum Gasteiger partial charge on any atom is 0.0448 e. The highest BCUT2D eigenvalue weighted by Gasteiger charge is 2.29. The van der Waals surface area contributed by atoms with E-state index in [-0.39, 0.29) is 0 Å². The first-order valence-corrected chi connectivity index (χ1v) is 10.2. The maximum absolute atomic E-state index is 3.61. The molecule has 1 atom stereocenters. The van der Waals surface area contributed by atoms with Crippen LogP contribution in [0.1, 0.15) is 40.0 Å². The molecule has 1 N–H and O–H groups in total. The molecule has 0 aromatic carbocycles. The van der Waals surface area contributed by atoms with Crippen LogP contribution in [0.3, 0.4) is 0 Å². The molecule has 0 saturated carbocycles. The molecule has 0 aromatic rings. The molecule has 0 aromatic heterocycles. The second kappa shape index (κ2) is 6.69. The molecule has 0 fully saturated rings. The highest BCUT2D eigenvalue weighted by Crippen LogP contribution is 2.33. The van der Waals surface area contributed by atoms with E-state index in [0.717, 1.165) is 0 Å². The first-order valence-electron chi connectivity index (χ1n) is 6.54. The Morgan fingerprint density at radius 1 is 1.07 bits per heavy atom. The van der Waals surface area contributed by atoms with Gasteiger partial charge >= 0.3 is 0 Å². The largest absolute Gasteiger partial charge is 0.316 e. The molecule has 0 aliphatic rings. The highest BCUT2D eigenvalue weighted by atomic mass is 28.3. The van der Waals surface area contributed by atoms with Crippen LogP contribution in [0.4, 0.5) is 0 Å². The zero-order chi connectivity index (χ0) is 11.9. The van der Waals surface area contributed by atoms with Gasteiger partial charge in [-0.1, -0.05) is 52.9 Å². The van der Waals surface area contributed by atoms with E-state index in [9.17, 15) is 0 Å². The average Bonchev–Trinajstić information content (AvgIpc) is 2.01. The lowest BCUT2D eigenvalue weighted by Gasteiger charge is -2.35. The molecule has 1 unspecified atom stereocenters. The molecule has 15 heavy (non-hydrogen) atoms. The van der Waals surface area contributed by atoms with E-state index >= 15 is 0 Å². The third-order valence-electron chi connectivity index (χ3n) is 2.79. The number of nitrogens with one attached hydrogen (secondary N) is 1. The predicted molar refractivity (Wildman–Crippen MR) is 74.3 cm³/mol. The number of hydrogen-bond donors (Lipinski definition) is 1. The summed E-state index contributed by atoms with van der Waals surface area (Å²) in [6, 6.07) is 1.45. The van der Waals surface area contributed by atoms with Gasteiger partial charge in [-0.05, 0) is 24.8 Å². The summed E-state index contributed by atoms with van der Waals surface area (Å²) in [7, 11) is -0.930. The maximum atomic E-state index is 3.61. The van der Waals surface area contributed by atoms with Crippen molar-refractivity contribution in [2.75, 3.05) is 13.1 Å². The van der Waals surface area contributed by atoms with Crippen molar-refractivity contribution in [1.82, 2.24) is 5.32 Å². The van der Waals surface area contributed by atoms with Crippen LogP contribution < -0.4 is 5.32 Å². The summed E-state index contributed by atoms with van der Waals surface area (Å²) in [5, 5.41) is 3.61. The van der Waals surface area contributed by atoms with Gasteiger partial charge in [-0.3, -0.25) is 0 Å². The van der Waals surface area contributed by atoms with Crippen LogP contribution in [0.2, 0.25) is 25.7 Å². The van der Waals surface area contributed by atoms with Crippen molar-refractivity contribution in [1.29, 1.82) is 0 Å². The lowest BCUT2D eigenvalue weighted by atomic mass is 9.87. The van der Waals surface area contributed by atoms with Crippen molar-refractivity contribution < 1.29 is 0 Å². The van der Waals surface area contributed by atoms with E-state index in [1.54, 1.807) is 0 Å². The summed E-state index contributed by atoms with van der Waals surface area (Å²) in [4.78, 5) is 0. The molecule has 0 bridgehead atoms. The van der Waals surface area contributed by atoms with Gasteiger partial charge in [0.05, 0.1) is 0 Å². The summed E-state index contributed by atoms with van der Waals surface area (Å²) < 4.78 is 0. The van der Waals surface area contributed by atoms with E-state index in [2.05, 4.69) is 45.7 Å². The fourth-order valence-corrected chi connectivity index (χ4v) is 5.55. The first-order chi connectivity index (χ1) is 6.83. The molecule has 0 amide bonds. The van der Waals surface area contributed by atoms with Crippen molar-refractivity contribution in [3.63, 3.8) is 0 Å². The highest BCUT2D eigenvalue weighted by molar-refractivity contribution is 6.76. The molecule has 0 rings (SSSR count). The monoisotopic (exact) mass is 229 g/mol. The van der Waals surface area contributed by atoms with Gasteiger partial charge < -0.3 is 5.32 Å². The predicted octanol–water partition coefficient (Wildman–Crippen LogP) is 4.13. The van der Waals surface area contributed by atoms with E-state index in [4.69, 9.17) is 0 Å². The van der Waals surface area contributed by atoms with Crippen LogP contribution in [0.25, 0.3) is 0 Å². The zero-order valence-corrected chi connectivity index (χ0v) is 12.7. The van der Waals surface area contributed by atoms with E-state index in [1.807, 2.05) is 0 Å². The normalized spacial score (nSPS) is 16.4. The second-order valence-corrected chi connectivity index (χ2v) is 11.9. The first kappa shape index (κ1) is 15.2. The molecule has 2 heteroatoms.